The van der Waals surface area contributed by atoms with Crippen LogP contribution in [0.15, 0.2) is 18.2 Å². The molecule has 160 valence electrons. The van der Waals surface area contributed by atoms with Gasteiger partial charge in [-0.2, -0.15) is 0 Å². The number of thiophene rings is 1. The van der Waals surface area contributed by atoms with E-state index < -0.39 is 16.9 Å². The highest BCUT2D eigenvalue weighted by molar-refractivity contribution is 7.80. The normalized spacial score (nSPS) is 10.3. The Labute approximate surface area is 182 Å². The second-order valence-corrected chi connectivity index (χ2v) is 7.47. The van der Waals surface area contributed by atoms with Crippen molar-refractivity contribution in [3.63, 3.8) is 0 Å². The van der Waals surface area contributed by atoms with Crippen molar-refractivity contribution in [2.24, 2.45) is 0 Å². The van der Waals surface area contributed by atoms with Crippen molar-refractivity contribution in [2.45, 2.75) is 27.7 Å². The van der Waals surface area contributed by atoms with Gasteiger partial charge in [-0.15, -0.1) is 11.3 Å². The third-order valence-electron chi connectivity index (χ3n) is 3.99. The number of nitro groups is 1. The van der Waals surface area contributed by atoms with Crippen LogP contribution in [-0.2, 0) is 9.47 Å². The van der Waals surface area contributed by atoms with Crippen LogP contribution in [0.2, 0.25) is 0 Å². The topological polar surface area (TPSA) is 120 Å². The zero-order valence-electron chi connectivity index (χ0n) is 16.9. The van der Waals surface area contributed by atoms with Crippen LogP contribution in [0.5, 0.6) is 0 Å². The van der Waals surface area contributed by atoms with Gasteiger partial charge in [0.25, 0.3) is 5.69 Å². The van der Waals surface area contributed by atoms with E-state index in [-0.39, 0.29) is 34.5 Å². The highest BCUT2D eigenvalue weighted by atomic mass is 32.1. The van der Waals surface area contributed by atoms with Gasteiger partial charge in [0.1, 0.15) is 9.88 Å². The fourth-order valence-corrected chi connectivity index (χ4v) is 3.93. The summed E-state index contributed by atoms with van der Waals surface area (Å²) in [5.41, 5.74) is 1.71. The first-order valence-electron chi connectivity index (χ1n) is 9.00. The number of carbonyl (C=O) groups is 2. The van der Waals surface area contributed by atoms with Gasteiger partial charge in [-0.25, -0.2) is 9.59 Å². The van der Waals surface area contributed by atoms with E-state index in [9.17, 15) is 19.7 Å². The summed E-state index contributed by atoms with van der Waals surface area (Å²) >= 11 is 6.33. The average Bonchev–Trinajstić information content (AvgIpc) is 2.99. The molecule has 1 aromatic heterocycles. The highest BCUT2D eigenvalue weighted by Crippen LogP contribution is 2.34. The Bertz CT molecular complexity index is 1000. The van der Waals surface area contributed by atoms with E-state index in [0.717, 1.165) is 16.9 Å². The number of nitrogens with one attached hydrogen (secondary N) is 2. The number of carbonyl (C=O) groups excluding carboxylic acids is 2. The van der Waals surface area contributed by atoms with Gasteiger partial charge in [-0.1, -0.05) is 6.07 Å². The zero-order valence-corrected chi connectivity index (χ0v) is 18.5. The highest BCUT2D eigenvalue weighted by Gasteiger charge is 2.27. The maximum Gasteiger partial charge on any atom is 0.348 e. The quantitative estimate of drug-likeness (QED) is 0.272. The first kappa shape index (κ1) is 23.2. The maximum absolute atomic E-state index is 12.4. The Hall–Kier alpha value is -3.05. The van der Waals surface area contributed by atoms with Crippen LogP contribution in [0.3, 0.4) is 0 Å². The second kappa shape index (κ2) is 10.1. The molecule has 2 N–H and O–H groups in total. The van der Waals surface area contributed by atoms with Crippen molar-refractivity contribution in [2.75, 3.05) is 23.8 Å². The third-order valence-corrected chi connectivity index (χ3v) is 5.39. The summed E-state index contributed by atoms with van der Waals surface area (Å²) in [5.74, 6) is -1.15. The Morgan fingerprint density at radius 2 is 1.77 bits per heavy atom. The van der Waals surface area contributed by atoms with Crippen LogP contribution in [0.1, 0.15) is 45.0 Å². The summed E-state index contributed by atoms with van der Waals surface area (Å²) < 4.78 is 10.1. The van der Waals surface area contributed by atoms with Gasteiger partial charge < -0.3 is 20.1 Å². The predicted molar refractivity (Wildman–Crippen MR) is 119 cm³/mol. The number of nitrogens with zero attached hydrogens (tertiary/aromatic N) is 1. The number of rotatable bonds is 7. The van der Waals surface area contributed by atoms with Crippen molar-refractivity contribution in [1.82, 2.24) is 0 Å². The molecule has 0 atom stereocenters. The van der Waals surface area contributed by atoms with Crippen molar-refractivity contribution < 1.29 is 24.0 Å². The molecule has 11 heteroatoms. The standard InChI is InChI=1S/C19H21N3O6S2/c1-5-27-17(23)14-11(4)15(18(24)28-6-2)30-16(14)21-19(29)20-13-9-12(22(25)26)8-7-10(13)3/h7-9H,5-6H2,1-4H3,(H2,20,21,29). The molecule has 1 aromatic carbocycles. The fraction of sp³-hybridized carbons (Fsp3) is 0.316. The number of anilines is 2. The second-order valence-electron chi connectivity index (χ2n) is 6.04. The average molecular weight is 452 g/mol. The number of benzene rings is 1. The smallest absolute Gasteiger partial charge is 0.348 e. The van der Waals surface area contributed by atoms with Crippen molar-refractivity contribution in [3.8, 4) is 0 Å². The molecule has 1 heterocycles. The lowest BCUT2D eigenvalue weighted by Gasteiger charge is -2.12. The molecule has 9 nitrogen and oxygen atoms in total. The molecule has 2 aromatic rings. The van der Waals surface area contributed by atoms with E-state index in [1.54, 1.807) is 33.8 Å². The molecule has 2 rings (SSSR count). The molecule has 0 aliphatic carbocycles. The number of esters is 2. The maximum atomic E-state index is 12.4. The summed E-state index contributed by atoms with van der Waals surface area (Å²) in [5, 5.41) is 17.2. The molecular weight excluding hydrogens is 430 g/mol. The zero-order chi connectivity index (χ0) is 22.4. The van der Waals surface area contributed by atoms with Crippen molar-refractivity contribution in [1.29, 1.82) is 0 Å². The van der Waals surface area contributed by atoms with Gasteiger partial charge in [0.2, 0.25) is 0 Å². The number of aryl methyl sites for hydroxylation is 1. The van der Waals surface area contributed by atoms with Gasteiger partial charge in [0.15, 0.2) is 5.11 Å². The minimum Gasteiger partial charge on any atom is -0.462 e. The minimum atomic E-state index is -0.598. The summed E-state index contributed by atoms with van der Waals surface area (Å²) in [4.78, 5) is 35.4. The molecule has 0 unspecified atom stereocenters. The first-order chi connectivity index (χ1) is 14.2. The van der Waals surface area contributed by atoms with Crippen LogP contribution in [0.4, 0.5) is 16.4 Å². The monoisotopic (exact) mass is 451 g/mol. The molecular formula is C19H21N3O6S2. The van der Waals surface area contributed by atoms with E-state index in [0.29, 0.717) is 16.3 Å². The molecule has 0 aliphatic rings. The van der Waals surface area contributed by atoms with Gasteiger partial charge in [-0.05, 0) is 51.0 Å². The van der Waals surface area contributed by atoms with E-state index in [4.69, 9.17) is 21.7 Å². The SMILES string of the molecule is CCOC(=O)c1sc(NC(=S)Nc2cc([N+](=O)[O-])ccc2C)c(C(=O)OCC)c1C. The Morgan fingerprint density at radius 3 is 2.37 bits per heavy atom. The molecule has 0 saturated heterocycles. The summed E-state index contributed by atoms with van der Waals surface area (Å²) in [6.07, 6.45) is 0. The lowest BCUT2D eigenvalue weighted by Crippen LogP contribution is -2.21. The summed E-state index contributed by atoms with van der Waals surface area (Å²) in [7, 11) is 0. The Morgan fingerprint density at radius 1 is 1.13 bits per heavy atom. The number of ether oxygens (including phenoxy) is 2. The van der Waals surface area contributed by atoms with Crippen molar-refractivity contribution >= 4 is 57.0 Å². The number of non-ortho nitro benzene ring substituents is 1. The Kier molecular flexibility index (Phi) is 7.84. The predicted octanol–water partition coefficient (Wildman–Crippen LogP) is 4.44. The third kappa shape index (κ3) is 5.30. The number of thiocarbonyl (C=S) groups is 1. The molecule has 0 aliphatic heterocycles. The first-order valence-corrected chi connectivity index (χ1v) is 10.2. The van der Waals surface area contributed by atoms with E-state index in [1.807, 2.05) is 0 Å². The summed E-state index contributed by atoms with van der Waals surface area (Å²) in [6.45, 7) is 7.12. The van der Waals surface area contributed by atoms with Crippen molar-refractivity contribution in [3.05, 3.63) is 49.9 Å². The molecule has 0 radical (unpaired) electrons. The van der Waals surface area contributed by atoms with E-state index in [2.05, 4.69) is 10.6 Å². The number of nitro benzene ring substituents is 1. The molecule has 0 saturated carbocycles. The molecule has 0 spiro atoms. The van der Waals surface area contributed by atoms with Gasteiger partial charge >= 0.3 is 11.9 Å². The van der Waals surface area contributed by atoms with Gasteiger partial charge in [-0.3, -0.25) is 10.1 Å². The fourth-order valence-electron chi connectivity index (χ4n) is 2.56. The van der Waals surface area contributed by atoms with Crippen LogP contribution < -0.4 is 10.6 Å². The van der Waals surface area contributed by atoms with Crippen LogP contribution in [0, 0.1) is 24.0 Å². The van der Waals surface area contributed by atoms with Crippen LogP contribution in [0.25, 0.3) is 0 Å². The summed E-state index contributed by atoms with van der Waals surface area (Å²) in [6, 6.07) is 4.35. The van der Waals surface area contributed by atoms with Gasteiger partial charge in [0, 0.05) is 17.8 Å². The molecule has 0 bridgehead atoms. The number of hydrogen-bond acceptors (Lipinski definition) is 8. The van der Waals surface area contributed by atoms with E-state index >= 15 is 0 Å². The van der Waals surface area contributed by atoms with Crippen LogP contribution >= 0.6 is 23.6 Å². The molecule has 30 heavy (non-hydrogen) atoms. The minimum absolute atomic E-state index is 0.0883. The lowest BCUT2D eigenvalue weighted by molar-refractivity contribution is -0.384. The van der Waals surface area contributed by atoms with Crippen LogP contribution in [-0.4, -0.2) is 35.2 Å². The largest absolute Gasteiger partial charge is 0.462 e. The number of hydrogen-bond donors (Lipinski definition) is 2. The van der Waals surface area contributed by atoms with Gasteiger partial charge in [0.05, 0.1) is 23.7 Å². The molecule has 0 amide bonds. The molecule has 0 fully saturated rings. The lowest BCUT2D eigenvalue weighted by atomic mass is 10.1. The Balaban J connectivity index is 2.34. The van der Waals surface area contributed by atoms with E-state index in [1.165, 1.54) is 12.1 Å².